The van der Waals surface area contributed by atoms with Gasteiger partial charge in [-0.15, -0.1) is 0 Å². The van der Waals surface area contributed by atoms with Crippen molar-refractivity contribution < 1.29 is 4.39 Å². The van der Waals surface area contributed by atoms with Gasteiger partial charge in [0.15, 0.2) is 0 Å². The van der Waals surface area contributed by atoms with Gasteiger partial charge >= 0.3 is 0 Å². The second kappa shape index (κ2) is 10.0. The maximum absolute atomic E-state index is 12.9. The summed E-state index contributed by atoms with van der Waals surface area (Å²) >= 11 is 0. The van der Waals surface area contributed by atoms with E-state index in [9.17, 15) is 4.39 Å². The Bertz CT molecular complexity index is 387. The summed E-state index contributed by atoms with van der Waals surface area (Å²) in [4.78, 5) is 0. The van der Waals surface area contributed by atoms with Gasteiger partial charge in [-0.1, -0.05) is 83.3 Å². The molecule has 1 saturated carbocycles. The third-order valence-electron chi connectivity index (χ3n) is 5.44. The molecule has 1 aliphatic rings. The molecular formula is C21H33F. The molecule has 0 radical (unpaired) electrons. The second-order valence-corrected chi connectivity index (χ2v) is 7.25. The van der Waals surface area contributed by atoms with E-state index in [0.717, 1.165) is 18.3 Å². The van der Waals surface area contributed by atoms with E-state index < -0.39 is 0 Å². The minimum Gasteiger partial charge on any atom is -0.207 e. The van der Waals surface area contributed by atoms with E-state index in [1.165, 1.54) is 76.2 Å². The molecule has 0 aliphatic heterocycles. The summed E-state index contributed by atoms with van der Waals surface area (Å²) in [6.07, 6.45) is 16.7. The highest BCUT2D eigenvalue weighted by Crippen LogP contribution is 2.34. The van der Waals surface area contributed by atoms with Gasteiger partial charge in [-0.25, -0.2) is 4.39 Å². The molecule has 0 aromatic heterocycles. The number of hydrogen-bond donors (Lipinski definition) is 0. The fraction of sp³-hybridized carbons (Fsp3) is 0.714. The zero-order valence-electron chi connectivity index (χ0n) is 14.3. The SMILES string of the molecule is CCCCCCCC1CCC(CCc2ccc(F)cc2)CC1. The molecule has 0 saturated heterocycles. The van der Waals surface area contributed by atoms with Crippen molar-refractivity contribution in [1.82, 2.24) is 0 Å². The highest BCUT2D eigenvalue weighted by Gasteiger charge is 2.20. The van der Waals surface area contributed by atoms with Crippen LogP contribution >= 0.6 is 0 Å². The van der Waals surface area contributed by atoms with E-state index >= 15 is 0 Å². The molecular weight excluding hydrogens is 271 g/mol. The molecule has 2 rings (SSSR count). The molecule has 1 aromatic carbocycles. The Balaban J connectivity index is 1.56. The highest BCUT2D eigenvalue weighted by molar-refractivity contribution is 5.16. The summed E-state index contributed by atoms with van der Waals surface area (Å²) < 4.78 is 12.9. The maximum atomic E-state index is 12.9. The fourth-order valence-corrected chi connectivity index (χ4v) is 3.87. The lowest BCUT2D eigenvalue weighted by molar-refractivity contribution is 0.248. The zero-order chi connectivity index (χ0) is 15.6. The van der Waals surface area contributed by atoms with E-state index in [4.69, 9.17) is 0 Å². The van der Waals surface area contributed by atoms with Gasteiger partial charge in [0.25, 0.3) is 0 Å². The van der Waals surface area contributed by atoms with Crippen LogP contribution in [0.2, 0.25) is 0 Å². The monoisotopic (exact) mass is 304 g/mol. The predicted molar refractivity (Wildman–Crippen MR) is 93.5 cm³/mol. The smallest absolute Gasteiger partial charge is 0.123 e. The Morgan fingerprint density at radius 2 is 1.41 bits per heavy atom. The van der Waals surface area contributed by atoms with Crippen LogP contribution in [0, 0.1) is 17.7 Å². The number of halogens is 1. The fourth-order valence-electron chi connectivity index (χ4n) is 3.87. The van der Waals surface area contributed by atoms with Crippen LogP contribution in [0.15, 0.2) is 24.3 Å². The van der Waals surface area contributed by atoms with Crippen molar-refractivity contribution in [1.29, 1.82) is 0 Å². The second-order valence-electron chi connectivity index (χ2n) is 7.25. The average Bonchev–Trinajstić information content (AvgIpc) is 2.55. The molecule has 0 N–H and O–H groups in total. The number of benzene rings is 1. The maximum Gasteiger partial charge on any atom is 0.123 e. The van der Waals surface area contributed by atoms with Gasteiger partial charge in [-0.05, 0) is 42.4 Å². The Labute approximate surface area is 136 Å². The molecule has 0 bridgehead atoms. The summed E-state index contributed by atoms with van der Waals surface area (Å²) in [6, 6.07) is 7.06. The van der Waals surface area contributed by atoms with Crippen LogP contribution in [0.4, 0.5) is 4.39 Å². The first-order chi connectivity index (χ1) is 10.8. The van der Waals surface area contributed by atoms with Crippen molar-refractivity contribution >= 4 is 0 Å². The van der Waals surface area contributed by atoms with E-state index in [2.05, 4.69) is 6.92 Å². The number of rotatable bonds is 9. The summed E-state index contributed by atoms with van der Waals surface area (Å²) in [7, 11) is 0. The first kappa shape index (κ1) is 17.5. The van der Waals surface area contributed by atoms with Crippen LogP contribution in [0.5, 0.6) is 0 Å². The van der Waals surface area contributed by atoms with Gasteiger partial charge in [0, 0.05) is 0 Å². The van der Waals surface area contributed by atoms with Crippen molar-refractivity contribution in [2.75, 3.05) is 0 Å². The van der Waals surface area contributed by atoms with E-state index in [1.807, 2.05) is 12.1 Å². The van der Waals surface area contributed by atoms with Gasteiger partial charge in [0.05, 0.1) is 0 Å². The standard InChI is InChI=1S/C21H33F/c1-2-3-4-5-6-7-18-8-10-19(11-9-18)12-13-20-14-16-21(22)17-15-20/h14-19H,2-13H2,1H3. The van der Waals surface area contributed by atoms with Crippen LogP contribution in [-0.2, 0) is 6.42 Å². The molecule has 124 valence electrons. The molecule has 1 aliphatic carbocycles. The van der Waals surface area contributed by atoms with Crippen LogP contribution in [-0.4, -0.2) is 0 Å². The van der Waals surface area contributed by atoms with Gasteiger partial charge < -0.3 is 0 Å². The molecule has 1 aromatic rings. The van der Waals surface area contributed by atoms with E-state index in [0.29, 0.717) is 0 Å². The zero-order valence-corrected chi connectivity index (χ0v) is 14.3. The van der Waals surface area contributed by atoms with E-state index in [1.54, 1.807) is 12.1 Å². The third-order valence-corrected chi connectivity index (χ3v) is 5.44. The van der Waals surface area contributed by atoms with Gasteiger partial charge in [0.2, 0.25) is 0 Å². The Morgan fingerprint density at radius 3 is 2.05 bits per heavy atom. The van der Waals surface area contributed by atoms with Crippen molar-refractivity contribution in [2.24, 2.45) is 11.8 Å². The normalized spacial score (nSPS) is 21.9. The number of unbranched alkanes of at least 4 members (excludes halogenated alkanes) is 4. The lowest BCUT2D eigenvalue weighted by atomic mass is 9.78. The largest absolute Gasteiger partial charge is 0.207 e. The molecule has 0 spiro atoms. The summed E-state index contributed by atoms with van der Waals surface area (Å²) in [5.74, 6) is 1.79. The first-order valence-electron chi connectivity index (χ1n) is 9.52. The van der Waals surface area contributed by atoms with Crippen LogP contribution in [0.25, 0.3) is 0 Å². The molecule has 0 nitrogen and oxygen atoms in total. The van der Waals surface area contributed by atoms with Crippen molar-refractivity contribution in [3.05, 3.63) is 35.6 Å². The third kappa shape index (κ3) is 6.50. The molecule has 1 heteroatoms. The van der Waals surface area contributed by atoms with Gasteiger partial charge in [-0.2, -0.15) is 0 Å². The summed E-state index contributed by atoms with van der Waals surface area (Å²) in [5, 5.41) is 0. The molecule has 0 unspecified atom stereocenters. The number of aryl methyl sites for hydroxylation is 1. The van der Waals surface area contributed by atoms with Crippen LogP contribution in [0.3, 0.4) is 0 Å². The number of hydrogen-bond acceptors (Lipinski definition) is 0. The quantitative estimate of drug-likeness (QED) is 0.434. The lowest BCUT2D eigenvalue weighted by Crippen LogP contribution is -2.15. The molecule has 1 fully saturated rings. The van der Waals surface area contributed by atoms with Crippen LogP contribution in [0.1, 0.15) is 83.1 Å². The molecule has 0 atom stereocenters. The Morgan fingerprint density at radius 1 is 0.818 bits per heavy atom. The van der Waals surface area contributed by atoms with Gasteiger partial charge in [0.1, 0.15) is 5.82 Å². The van der Waals surface area contributed by atoms with Crippen molar-refractivity contribution in [2.45, 2.75) is 84.0 Å². The van der Waals surface area contributed by atoms with Crippen molar-refractivity contribution in [3.63, 3.8) is 0 Å². The Kier molecular flexibility index (Phi) is 7.98. The van der Waals surface area contributed by atoms with Crippen molar-refractivity contribution in [3.8, 4) is 0 Å². The summed E-state index contributed by atoms with van der Waals surface area (Å²) in [5.41, 5.74) is 1.29. The molecule has 0 amide bonds. The molecule has 22 heavy (non-hydrogen) atoms. The topological polar surface area (TPSA) is 0 Å². The van der Waals surface area contributed by atoms with Crippen LogP contribution < -0.4 is 0 Å². The first-order valence-corrected chi connectivity index (χ1v) is 9.52. The molecule has 0 heterocycles. The van der Waals surface area contributed by atoms with E-state index in [-0.39, 0.29) is 5.82 Å². The average molecular weight is 304 g/mol. The Hall–Kier alpha value is -0.850. The predicted octanol–water partition coefficient (Wildman–Crippen LogP) is 6.93. The summed E-state index contributed by atoms with van der Waals surface area (Å²) in [6.45, 7) is 2.28. The lowest BCUT2D eigenvalue weighted by Gasteiger charge is -2.28. The highest BCUT2D eigenvalue weighted by atomic mass is 19.1. The minimum absolute atomic E-state index is 0.122. The minimum atomic E-state index is -0.122. The van der Waals surface area contributed by atoms with Gasteiger partial charge in [-0.3, -0.25) is 0 Å².